The average Bonchev–Trinajstić information content (AvgIpc) is 2.82. The van der Waals surface area contributed by atoms with Crippen molar-refractivity contribution in [3.05, 3.63) is 48.3 Å². The van der Waals surface area contributed by atoms with E-state index in [1.807, 2.05) is 6.07 Å². The second-order valence-electron chi connectivity index (χ2n) is 3.96. The molecule has 0 radical (unpaired) electrons. The van der Waals surface area contributed by atoms with Crippen molar-refractivity contribution in [3.8, 4) is 5.69 Å². The van der Waals surface area contributed by atoms with Crippen LogP contribution in [-0.4, -0.2) is 16.1 Å². The van der Waals surface area contributed by atoms with Gasteiger partial charge in [0.05, 0.1) is 6.33 Å². The summed E-state index contributed by atoms with van der Waals surface area (Å²) in [6, 6.07) is 5.03. The number of halogens is 1. The molecule has 3 nitrogen and oxygen atoms in total. The van der Waals surface area contributed by atoms with E-state index in [2.05, 4.69) is 17.2 Å². The summed E-state index contributed by atoms with van der Waals surface area (Å²) in [6.07, 6.45) is 6.22. The van der Waals surface area contributed by atoms with Crippen LogP contribution in [0.1, 0.15) is 18.9 Å². The van der Waals surface area contributed by atoms with Gasteiger partial charge in [-0.15, -0.1) is 0 Å². The Morgan fingerprint density at radius 2 is 2.24 bits per heavy atom. The Labute approximate surface area is 100 Å². The second-order valence-corrected chi connectivity index (χ2v) is 3.96. The fourth-order valence-corrected chi connectivity index (χ4v) is 1.71. The van der Waals surface area contributed by atoms with E-state index >= 15 is 0 Å². The Morgan fingerprint density at radius 1 is 1.35 bits per heavy atom. The number of aromatic nitrogens is 2. The highest BCUT2D eigenvalue weighted by atomic mass is 19.1. The van der Waals surface area contributed by atoms with E-state index in [4.69, 9.17) is 0 Å². The SMILES string of the molecule is CCCNCc1cc(F)cc(-n2ccnc2)c1. The lowest BCUT2D eigenvalue weighted by molar-refractivity contribution is 0.617. The van der Waals surface area contributed by atoms with E-state index in [-0.39, 0.29) is 5.82 Å². The minimum absolute atomic E-state index is 0.218. The van der Waals surface area contributed by atoms with Gasteiger partial charge in [0.1, 0.15) is 5.82 Å². The van der Waals surface area contributed by atoms with Crippen LogP contribution in [0.4, 0.5) is 4.39 Å². The smallest absolute Gasteiger partial charge is 0.125 e. The first kappa shape index (κ1) is 11.8. The molecule has 1 heterocycles. The average molecular weight is 233 g/mol. The maximum absolute atomic E-state index is 13.5. The van der Waals surface area contributed by atoms with Gasteiger partial charge in [0.2, 0.25) is 0 Å². The van der Waals surface area contributed by atoms with Crippen LogP contribution in [0.2, 0.25) is 0 Å². The zero-order chi connectivity index (χ0) is 12.1. The lowest BCUT2D eigenvalue weighted by Gasteiger charge is -2.07. The van der Waals surface area contributed by atoms with Crippen LogP contribution in [0.15, 0.2) is 36.9 Å². The predicted octanol–water partition coefficient (Wildman–Crippen LogP) is 2.51. The molecule has 1 aromatic heterocycles. The van der Waals surface area contributed by atoms with Crippen LogP contribution in [-0.2, 0) is 6.54 Å². The van der Waals surface area contributed by atoms with Crippen molar-refractivity contribution in [1.82, 2.24) is 14.9 Å². The summed E-state index contributed by atoms with van der Waals surface area (Å²) >= 11 is 0. The van der Waals surface area contributed by atoms with Crippen LogP contribution in [0.5, 0.6) is 0 Å². The summed E-state index contributed by atoms with van der Waals surface area (Å²) in [6.45, 7) is 3.74. The molecule has 0 aliphatic heterocycles. The normalized spacial score (nSPS) is 10.7. The van der Waals surface area contributed by atoms with Crippen molar-refractivity contribution in [3.63, 3.8) is 0 Å². The highest BCUT2D eigenvalue weighted by Crippen LogP contribution is 2.13. The third kappa shape index (κ3) is 3.14. The zero-order valence-electron chi connectivity index (χ0n) is 9.86. The number of hydrogen-bond acceptors (Lipinski definition) is 2. The van der Waals surface area contributed by atoms with Gasteiger partial charge in [-0.1, -0.05) is 6.92 Å². The largest absolute Gasteiger partial charge is 0.313 e. The van der Waals surface area contributed by atoms with E-state index in [9.17, 15) is 4.39 Å². The van der Waals surface area contributed by atoms with E-state index < -0.39 is 0 Å². The first-order valence-electron chi connectivity index (χ1n) is 5.78. The molecule has 1 aromatic carbocycles. The standard InChI is InChI=1S/C13H16FN3/c1-2-3-15-9-11-6-12(14)8-13(7-11)17-5-4-16-10-17/h4-8,10,15H,2-3,9H2,1H3. The number of benzene rings is 1. The molecule has 0 bridgehead atoms. The summed E-state index contributed by atoms with van der Waals surface area (Å²) in [4.78, 5) is 3.96. The molecule has 2 aromatic rings. The van der Waals surface area contributed by atoms with Gasteiger partial charge in [-0.05, 0) is 36.7 Å². The lowest BCUT2D eigenvalue weighted by Crippen LogP contribution is -2.14. The lowest BCUT2D eigenvalue weighted by atomic mass is 10.2. The molecule has 2 rings (SSSR count). The third-order valence-corrected chi connectivity index (χ3v) is 2.50. The molecule has 0 aliphatic carbocycles. The van der Waals surface area contributed by atoms with Gasteiger partial charge in [-0.2, -0.15) is 0 Å². The molecule has 0 saturated heterocycles. The number of hydrogen-bond donors (Lipinski definition) is 1. The molecule has 0 fully saturated rings. The molecule has 1 N–H and O–H groups in total. The van der Waals surface area contributed by atoms with Gasteiger partial charge in [0.15, 0.2) is 0 Å². The summed E-state index contributed by atoms with van der Waals surface area (Å²) in [5.74, 6) is -0.218. The van der Waals surface area contributed by atoms with E-state index in [1.165, 1.54) is 6.07 Å². The quantitative estimate of drug-likeness (QED) is 0.804. The third-order valence-electron chi connectivity index (χ3n) is 2.50. The van der Waals surface area contributed by atoms with Gasteiger partial charge in [-0.25, -0.2) is 9.37 Å². The number of rotatable bonds is 5. The Bertz CT molecular complexity index is 466. The van der Waals surface area contributed by atoms with E-state index in [0.717, 1.165) is 24.2 Å². The summed E-state index contributed by atoms with van der Waals surface area (Å²) < 4.78 is 15.3. The molecule has 0 atom stereocenters. The van der Waals surface area contributed by atoms with Crippen molar-refractivity contribution in [2.24, 2.45) is 0 Å². The van der Waals surface area contributed by atoms with Crippen LogP contribution in [0.25, 0.3) is 5.69 Å². The number of imidazole rings is 1. The van der Waals surface area contributed by atoms with Crippen LogP contribution in [0, 0.1) is 5.82 Å². The van der Waals surface area contributed by atoms with Crippen molar-refractivity contribution in [2.45, 2.75) is 19.9 Å². The number of nitrogens with one attached hydrogen (secondary N) is 1. The summed E-state index contributed by atoms with van der Waals surface area (Å²) in [5.41, 5.74) is 1.75. The molecule has 0 aliphatic rings. The minimum Gasteiger partial charge on any atom is -0.313 e. The molecule has 0 amide bonds. The maximum Gasteiger partial charge on any atom is 0.125 e. The second kappa shape index (κ2) is 5.59. The van der Waals surface area contributed by atoms with Crippen molar-refractivity contribution in [1.29, 1.82) is 0 Å². The molecular formula is C13H16FN3. The Kier molecular flexibility index (Phi) is 3.88. The molecule has 90 valence electrons. The fraction of sp³-hybridized carbons (Fsp3) is 0.308. The van der Waals surface area contributed by atoms with Gasteiger partial charge >= 0.3 is 0 Å². The number of nitrogens with zero attached hydrogens (tertiary/aromatic N) is 2. The fourth-order valence-electron chi connectivity index (χ4n) is 1.71. The topological polar surface area (TPSA) is 29.9 Å². The highest BCUT2D eigenvalue weighted by Gasteiger charge is 2.02. The summed E-state index contributed by atoms with van der Waals surface area (Å²) in [7, 11) is 0. The first-order valence-corrected chi connectivity index (χ1v) is 5.78. The van der Waals surface area contributed by atoms with Crippen molar-refractivity contribution >= 4 is 0 Å². The van der Waals surface area contributed by atoms with Gasteiger partial charge in [0, 0.05) is 24.6 Å². The Balaban J connectivity index is 2.18. The van der Waals surface area contributed by atoms with Crippen LogP contribution in [0.3, 0.4) is 0 Å². The van der Waals surface area contributed by atoms with Crippen molar-refractivity contribution in [2.75, 3.05) is 6.54 Å². The monoisotopic (exact) mass is 233 g/mol. The zero-order valence-corrected chi connectivity index (χ0v) is 9.86. The summed E-state index contributed by atoms with van der Waals surface area (Å²) in [5, 5.41) is 3.26. The molecule has 0 spiro atoms. The van der Waals surface area contributed by atoms with Gasteiger partial charge in [-0.3, -0.25) is 0 Å². The molecule has 0 unspecified atom stereocenters. The predicted molar refractivity (Wildman–Crippen MR) is 65.5 cm³/mol. The van der Waals surface area contributed by atoms with E-state index in [0.29, 0.717) is 6.54 Å². The first-order chi connectivity index (χ1) is 8.29. The van der Waals surface area contributed by atoms with E-state index in [1.54, 1.807) is 29.4 Å². The van der Waals surface area contributed by atoms with Crippen molar-refractivity contribution < 1.29 is 4.39 Å². The molecule has 4 heteroatoms. The van der Waals surface area contributed by atoms with Crippen LogP contribution >= 0.6 is 0 Å². The maximum atomic E-state index is 13.5. The minimum atomic E-state index is -0.218. The van der Waals surface area contributed by atoms with Crippen LogP contribution < -0.4 is 5.32 Å². The Morgan fingerprint density at radius 3 is 2.94 bits per heavy atom. The molecule has 17 heavy (non-hydrogen) atoms. The van der Waals surface area contributed by atoms with Gasteiger partial charge in [0.25, 0.3) is 0 Å². The molecule has 0 saturated carbocycles. The van der Waals surface area contributed by atoms with Gasteiger partial charge < -0.3 is 9.88 Å². The highest BCUT2D eigenvalue weighted by molar-refractivity contribution is 5.36. The molecular weight excluding hydrogens is 217 g/mol. The Hall–Kier alpha value is -1.68.